The summed E-state index contributed by atoms with van der Waals surface area (Å²) in [5.41, 5.74) is 6.42. The maximum atomic E-state index is 13.9. The number of rotatable bonds is 14. The lowest BCUT2D eigenvalue weighted by atomic mass is 10.0. The highest BCUT2D eigenvalue weighted by Gasteiger charge is 2.38. The summed E-state index contributed by atoms with van der Waals surface area (Å²) < 4.78 is 11.1. The lowest BCUT2D eigenvalue weighted by molar-refractivity contribution is -0.188. The maximum absolute atomic E-state index is 13.9. The molecule has 0 unspecified atom stereocenters. The van der Waals surface area contributed by atoms with Gasteiger partial charge in [0.25, 0.3) is 11.8 Å². The minimum Gasteiger partial charge on any atom is -0.453 e. The molecule has 2 N–H and O–H groups in total. The summed E-state index contributed by atoms with van der Waals surface area (Å²) in [6, 6.07) is 30.9. The van der Waals surface area contributed by atoms with Crippen LogP contribution in [0, 0.1) is 0 Å². The Kier molecular flexibility index (Phi) is 12.3. The summed E-state index contributed by atoms with van der Waals surface area (Å²) in [7, 11) is 2.66. The fourth-order valence-corrected chi connectivity index (χ4v) is 8.18. The van der Waals surface area contributed by atoms with E-state index in [0.29, 0.717) is 30.3 Å². The largest absolute Gasteiger partial charge is 0.453 e. The number of hydrogen-bond donors (Lipinski definition) is 2. The van der Waals surface area contributed by atoms with Gasteiger partial charge in [0.1, 0.15) is 17.9 Å². The lowest BCUT2D eigenvalue weighted by Crippen LogP contribution is -2.42. The average molecular weight is 810 g/mol. The molecule has 2 aliphatic rings. The molecule has 2 aliphatic heterocycles. The van der Waals surface area contributed by atoms with Crippen molar-refractivity contribution in [3.8, 4) is 11.3 Å². The number of aliphatic imine (C=N–C) groups is 1. The Labute approximate surface area is 347 Å². The quantitative estimate of drug-likeness (QED) is 0.0484. The summed E-state index contributed by atoms with van der Waals surface area (Å²) in [6.45, 7) is 1.13. The van der Waals surface area contributed by atoms with Gasteiger partial charge in [-0.1, -0.05) is 91.0 Å². The van der Waals surface area contributed by atoms with Gasteiger partial charge in [0.15, 0.2) is 11.8 Å². The van der Waals surface area contributed by atoms with Crippen LogP contribution in [0.5, 0.6) is 0 Å². The van der Waals surface area contributed by atoms with Crippen molar-refractivity contribution < 1.29 is 33.3 Å². The Morgan fingerprint density at radius 3 is 2.23 bits per heavy atom. The van der Waals surface area contributed by atoms with Gasteiger partial charge >= 0.3 is 6.09 Å². The van der Waals surface area contributed by atoms with E-state index < -0.39 is 18.2 Å². The molecule has 0 radical (unpaired) electrons. The SMILES string of the molecule is COO/C=N\[C@@H](C(=O)N1CCC[C@H]1c1ncc(-c2ccc(CCc3ccc4nc([C@@H]5CCCN5C(=O)[C@H](NC(=O)OC)c5ccccc5)[nH]c4c3)cc2)o1)c1ccccc1. The number of aromatic amines is 1. The number of aryl methyl sites for hydroxylation is 2. The average Bonchev–Trinajstić information content (AvgIpc) is 4.13. The molecule has 2 saturated heterocycles. The third kappa shape index (κ3) is 8.78. The highest BCUT2D eigenvalue weighted by atomic mass is 17.2. The standard InChI is InChI=1S/C46H47N7O7/c1-57-46(56)51-41(34-13-7-4-8-14-34)45(55)52-25-9-15-37(52)42-49-35-24-21-31(27-36(35)50-42)18-17-30-19-22-32(23-20-30)39-28-47-43(60-39)38-16-10-26-53(38)44(54)40(48-29-59-58-2)33-11-5-3-6-12-33/h3-8,11-14,19-24,27-29,37-38,40-41H,9-10,15-18,25-26H2,1-2H3,(H,49,50)(H,51,56)/b48-29-/t37-,38-,40+,41+/m0/s1. The van der Waals surface area contributed by atoms with Crippen LogP contribution in [0.3, 0.4) is 0 Å². The zero-order valence-electron chi connectivity index (χ0n) is 33.5. The number of aromatic nitrogens is 3. The number of oxazole rings is 1. The van der Waals surface area contributed by atoms with Crippen molar-refractivity contribution in [2.24, 2.45) is 4.99 Å². The Morgan fingerprint density at radius 1 is 0.850 bits per heavy atom. The van der Waals surface area contributed by atoms with Crippen LogP contribution in [-0.2, 0) is 36.9 Å². The molecule has 14 nitrogen and oxygen atoms in total. The van der Waals surface area contributed by atoms with Crippen LogP contribution >= 0.6 is 0 Å². The van der Waals surface area contributed by atoms with E-state index in [2.05, 4.69) is 49.4 Å². The molecule has 8 rings (SSSR count). The first-order valence-corrected chi connectivity index (χ1v) is 20.2. The van der Waals surface area contributed by atoms with E-state index in [4.69, 9.17) is 19.0 Å². The summed E-state index contributed by atoms with van der Waals surface area (Å²) >= 11 is 0. The summed E-state index contributed by atoms with van der Waals surface area (Å²) in [4.78, 5) is 70.5. The smallest absolute Gasteiger partial charge is 0.407 e. The second kappa shape index (κ2) is 18.4. The van der Waals surface area contributed by atoms with Gasteiger partial charge < -0.3 is 34.1 Å². The Morgan fingerprint density at radius 2 is 1.52 bits per heavy atom. The Balaban J connectivity index is 0.904. The van der Waals surface area contributed by atoms with Crippen molar-refractivity contribution in [3.05, 3.63) is 143 Å². The number of methoxy groups -OCH3 is 1. The third-order valence-electron chi connectivity index (χ3n) is 11.2. The molecule has 0 saturated carbocycles. The molecule has 2 aromatic heterocycles. The number of ether oxygens (including phenoxy) is 1. The number of carbonyl (C=O) groups excluding carboxylic acids is 3. The molecule has 14 heteroatoms. The maximum Gasteiger partial charge on any atom is 0.407 e. The number of hydrogen-bond acceptors (Lipinski definition) is 10. The minimum atomic E-state index is -0.875. The molecular weight excluding hydrogens is 763 g/mol. The predicted octanol–water partition coefficient (Wildman–Crippen LogP) is 7.78. The van der Waals surface area contributed by atoms with Gasteiger partial charge in [-0.15, -0.1) is 0 Å². The predicted molar refractivity (Wildman–Crippen MR) is 223 cm³/mol. The number of nitrogens with zero attached hydrogens (tertiary/aromatic N) is 5. The van der Waals surface area contributed by atoms with Gasteiger partial charge in [0.05, 0.1) is 37.5 Å². The van der Waals surface area contributed by atoms with Crippen LogP contribution in [0.25, 0.3) is 22.4 Å². The number of imidazole rings is 1. The van der Waals surface area contributed by atoms with Gasteiger partial charge in [0.2, 0.25) is 12.3 Å². The summed E-state index contributed by atoms with van der Waals surface area (Å²) in [5, 5.41) is 2.72. The topological polar surface area (TPSA) is 164 Å². The van der Waals surface area contributed by atoms with Crippen molar-refractivity contribution in [3.63, 3.8) is 0 Å². The molecule has 3 amide bonds. The molecule has 4 aromatic carbocycles. The van der Waals surface area contributed by atoms with E-state index in [1.807, 2.05) is 78.9 Å². The van der Waals surface area contributed by atoms with Gasteiger partial charge in [-0.2, -0.15) is 4.89 Å². The molecular formula is C46H47N7O7. The van der Waals surface area contributed by atoms with Crippen LogP contribution in [0.4, 0.5) is 4.79 Å². The molecule has 0 aliphatic carbocycles. The number of benzene rings is 4. The molecule has 0 spiro atoms. The summed E-state index contributed by atoms with van der Waals surface area (Å²) in [5.74, 6) is 1.51. The fourth-order valence-electron chi connectivity index (χ4n) is 8.18. The van der Waals surface area contributed by atoms with Crippen molar-refractivity contribution in [2.75, 3.05) is 27.3 Å². The van der Waals surface area contributed by atoms with Gasteiger partial charge in [-0.3, -0.25) is 9.59 Å². The van der Waals surface area contributed by atoms with E-state index in [1.54, 1.807) is 16.0 Å². The van der Waals surface area contributed by atoms with Crippen molar-refractivity contribution >= 4 is 35.3 Å². The Hall–Kier alpha value is -6.80. The minimum absolute atomic E-state index is 0.160. The zero-order valence-corrected chi connectivity index (χ0v) is 33.5. The van der Waals surface area contributed by atoms with Gasteiger partial charge in [-0.25, -0.2) is 19.8 Å². The second-order valence-corrected chi connectivity index (χ2v) is 14.9. The van der Waals surface area contributed by atoms with E-state index in [9.17, 15) is 14.4 Å². The molecule has 2 fully saturated rings. The van der Waals surface area contributed by atoms with Crippen LogP contribution in [-0.4, -0.2) is 76.4 Å². The second-order valence-electron chi connectivity index (χ2n) is 14.9. The third-order valence-corrected chi connectivity index (χ3v) is 11.2. The number of H-pyrrole nitrogens is 1. The molecule has 4 atom stereocenters. The number of fused-ring (bicyclic) bond motifs is 1. The van der Waals surface area contributed by atoms with Crippen LogP contribution in [0.15, 0.2) is 119 Å². The van der Waals surface area contributed by atoms with Crippen LogP contribution < -0.4 is 5.32 Å². The number of carbonyl (C=O) groups is 3. The highest BCUT2D eigenvalue weighted by molar-refractivity contribution is 5.88. The van der Waals surface area contributed by atoms with Crippen molar-refractivity contribution in [1.29, 1.82) is 0 Å². The number of nitrogens with one attached hydrogen (secondary N) is 2. The van der Waals surface area contributed by atoms with E-state index >= 15 is 0 Å². The molecule has 6 aromatic rings. The normalized spacial score (nSPS) is 17.6. The van der Waals surface area contributed by atoms with Gasteiger partial charge in [-0.05, 0) is 72.9 Å². The number of likely N-dealkylation sites (tertiary alicyclic amines) is 2. The zero-order chi connectivity index (χ0) is 41.4. The number of alkyl carbamates (subject to hydrolysis) is 1. The van der Waals surface area contributed by atoms with Crippen LogP contribution in [0.2, 0.25) is 0 Å². The van der Waals surface area contributed by atoms with E-state index in [-0.39, 0.29) is 23.9 Å². The lowest BCUT2D eigenvalue weighted by Gasteiger charge is -2.28. The first-order valence-electron chi connectivity index (χ1n) is 20.2. The molecule has 308 valence electrons. The van der Waals surface area contributed by atoms with Crippen LogP contribution in [0.1, 0.15) is 83.8 Å². The highest BCUT2D eigenvalue weighted by Crippen LogP contribution is 2.37. The fraction of sp³-hybridized carbons (Fsp3) is 0.304. The molecule has 4 heterocycles. The van der Waals surface area contributed by atoms with Crippen molar-refractivity contribution in [2.45, 2.75) is 62.7 Å². The number of amides is 3. The van der Waals surface area contributed by atoms with E-state index in [0.717, 1.165) is 78.5 Å². The van der Waals surface area contributed by atoms with Gasteiger partial charge in [0, 0.05) is 18.7 Å². The molecule has 60 heavy (non-hydrogen) atoms. The first kappa shape index (κ1) is 40.0. The molecule has 0 bridgehead atoms. The summed E-state index contributed by atoms with van der Waals surface area (Å²) in [6.07, 6.45) is 7.00. The monoisotopic (exact) mass is 809 g/mol. The Bertz CT molecular complexity index is 2430. The van der Waals surface area contributed by atoms with Crippen molar-refractivity contribution in [1.82, 2.24) is 30.1 Å². The first-order chi connectivity index (χ1) is 29.4. The van der Waals surface area contributed by atoms with E-state index in [1.165, 1.54) is 19.8 Å².